The number of benzene rings is 2. The van der Waals surface area contributed by atoms with Crippen LogP contribution in [0.25, 0.3) is 10.8 Å². The molecule has 12 heavy (non-hydrogen) atoms. The van der Waals surface area contributed by atoms with E-state index >= 15 is 0 Å². The van der Waals surface area contributed by atoms with Crippen molar-refractivity contribution in [3.05, 3.63) is 41.4 Å². The van der Waals surface area contributed by atoms with Crippen molar-refractivity contribution in [3.8, 4) is 0 Å². The summed E-state index contributed by atoms with van der Waals surface area (Å²) in [4.78, 5) is 0. The van der Waals surface area contributed by atoms with Gasteiger partial charge >= 0.3 is 0 Å². The highest BCUT2D eigenvalue weighted by atomic mass is 35.5. The summed E-state index contributed by atoms with van der Waals surface area (Å²) < 4.78 is 0. The van der Waals surface area contributed by atoms with Crippen LogP contribution in [0.2, 0.25) is 5.02 Å². The van der Waals surface area contributed by atoms with Gasteiger partial charge in [0.1, 0.15) is 7.85 Å². The van der Waals surface area contributed by atoms with Gasteiger partial charge in [-0.2, -0.15) is 0 Å². The van der Waals surface area contributed by atoms with Crippen molar-refractivity contribution in [3.63, 3.8) is 0 Å². The lowest BCUT2D eigenvalue weighted by molar-refractivity contribution is 1.78. The van der Waals surface area contributed by atoms with Gasteiger partial charge in [-0.15, -0.1) is 0 Å². The summed E-state index contributed by atoms with van der Waals surface area (Å²) in [6, 6.07) is 12.2. The Labute approximate surface area is 77.6 Å². The van der Waals surface area contributed by atoms with E-state index in [1.165, 1.54) is 10.8 Å². The summed E-state index contributed by atoms with van der Waals surface area (Å²) in [5, 5.41) is 3.21. The number of rotatable bonds is 0. The van der Waals surface area contributed by atoms with Crippen molar-refractivity contribution in [1.82, 2.24) is 0 Å². The Hall–Kier alpha value is -0.945. The van der Waals surface area contributed by atoms with Crippen molar-refractivity contribution >= 4 is 35.7 Å². The van der Waals surface area contributed by atoms with Crippen LogP contribution >= 0.6 is 11.6 Å². The summed E-state index contributed by atoms with van der Waals surface area (Å²) in [6.07, 6.45) is 0. The normalized spacial score (nSPS) is 10.4. The molecule has 2 aromatic rings. The molecule has 0 atom stereocenters. The minimum absolute atomic E-state index is 0.830. The minimum Gasteiger partial charge on any atom is -0.0837 e. The molecule has 0 spiro atoms. The molecule has 2 heteroatoms. The standard InChI is InChI=1S/C10H8BCl/c11-9-5-1-4-8-7(9)3-2-6-10(8)12/h1-6H,11H2. The van der Waals surface area contributed by atoms with E-state index in [4.69, 9.17) is 11.6 Å². The second kappa shape index (κ2) is 2.83. The Kier molecular flexibility index (Phi) is 1.82. The van der Waals surface area contributed by atoms with Gasteiger partial charge in [0, 0.05) is 5.02 Å². The van der Waals surface area contributed by atoms with E-state index in [9.17, 15) is 0 Å². The van der Waals surface area contributed by atoms with Crippen molar-refractivity contribution in [1.29, 1.82) is 0 Å². The number of fused-ring (bicyclic) bond motifs is 1. The lowest BCUT2D eigenvalue weighted by Gasteiger charge is -2.02. The van der Waals surface area contributed by atoms with Crippen LogP contribution in [0.3, 0.4) is 0 Å². The van der Waals surface area contributed by atoms with Gasteiger partial charge in [0.15, 0.2) is 0 Å². The molecule has 0 aliphatic carbocycles. The Morgan fingerprint density at radius 3 is 2.33 bits per heavy atom. The molecule has 0 saturated heterocycles. The number of hydrogen-bond acceptors (Lipinski definition) is 0. The van der Waals surface area contributed by atoms with Crippen LogP contribution in [0.5, 0.6) is 0 Å². The molecule has 0 radical (unpaired) electrons. The monoisotopic (exact) mass is 174 g/mol. The molecule has 0 aliphatic rings. The second-order valence-corrected chi connectivity index (χ2v) is 3.32. The topological polar surface area (TPSA) is 0 Å². The van der Waals surface area contributed by atoms with Gasteiger partial charge in [0.2, 0.25) is 0 Å². The first kappa shape index (κ1) is 7.69. The fraction of sp³-hybridized carbons (Fsp3) is 0. The van der Waals surface area contributed by atoms with Gasteiger partial charge in [0.05, 0.1) is 0 Å². The molecule has 0 amide bonds. The molecule has 0 aromatic heterocycles. The molecular formula is C10H8BCl. The first-order valence-corrected chi connectivity index (χ1v) is 4.30. The highest BCUT2D eigenvalue weighted by Gasteiger charge is 1.98. The fourth-order valence-electron chi connectivity index (χ4n) is 1.43. The van der Waals surface area contributed by atoms with Crippen LogP contribution in [0, 0.1) is 0 Å². The van der Waals surface area contributed by atoms with E-state index in [0.29, 0.717) is 0 Å². The Morgan fingerprint density at radius 1 is 0.917 bits per heavy atom. The summed E-state index contributed by atoms with van der Waals surface area (Å²) in [5.74, 6) is 0. The molecule has 0 unspecified atom stereocenters. The molecular weight excluding hydrogens is 166 g/mol. The maximum atomic E-state index is 6.03. The van der Waals surface area contributed by atoms with Crippen molar-refractivity contribution in [2.24, 2.45) is 0 Å². The van der Waals surface area contributed by atoms with E-state index in [1.807, 2.05) is 24.3 Å². The predicted octanol–water partition coefficient (Wildman–Crippen LogP) is 1.75. The van der Waals surface area contributed by atoms with Crippen LogP contribution in [-0.2, 0) is 0 Å². The van der Waals surface area contributed by atoms with E-state index in [0.717, 1.165) is 10.4 Å². The summed E-state index contributed by atoms with van der Waals surface area (Å²) in [7, 11) is 2.10. The van der Waals surface area contributed by atoms with E-state index in [2.05, 4.69) is 20.0 Å². The van der Waals surface area contributed by atoms with Gasteiger partial charge in [0.25, 0.3) is 0 Å². The SMILES string of the molecule is Bc1cccc2c(Cl)cccc12. The zero-order valence-corrected chi connectivity index (χ0v) is 7.60. The Balaban J connectivity index is 2.94. The first-order valence-electron chi connectivity index (χ1n) is 3.93. The molecule has 0 heterocycles. The maximum Gasteiger partial charge on any atom is 0.140 e. The van der Waals surface area contributed by atoms with Crippen molar-refractivity contribution in [2.75, 3.05) is 0 Å². The average molecular weight is 174 g/mol. The van der Waals surface area contributed by atoms with Crippen LogP contribution in [0.1, 0.15) is 0 Å². The van der Waals surface area contributed by atoms with E-state index in [1.54, 1.807) is 0 Å². The minimum atomic E-state index is 0.830. The number of halogens is 1. The van der Waals surface area contributed by atoms with Crippen molar-refractivity contribution in [2.45, 2.75) is 0 Å². The zero-order chi connectivity index (χ0) is 8.55. The molecule has 0 saturated carbocycles. The molecule has 2 aromatic carbocycles. The molecule has 0 nitrogen and oxygen atoms in total. The average Bonchev–Trinajstić information content (AvgIpc) is 2.07. The second-order valence-electron chi connectivity index (χ2n) is 2.91. The third kappa shape index (κ3) is 1.11. The van der Waals surface area contributed by atoms with Crippen LogP contribution in [0.15, 0.2) is 36.4 Å². The van der Waals surface area contributed by atoms with Crippen LogP contribution in [0.4, 0.5) is 0 Å². The fourth-order valence-corrected chi connectivity index (χ4v) is 1.67. The highest BCUT2D eigenvalue weighted by Crippen LogP contribution is 2.20. The third-order valence-electron chi connectivity index (χ3n) is 2.09. The highest BCUT2D eigenvalue weighted by molar-refractivity contribution is 6.41. The lowest BCUT2D eigenvalue weighted by Crippen LogP contribution is -2.02. The zero-order valence-electron chi connectivity index (χ0n) is 6.84. The van der Waals surface area contributed by atoms with Gasteiger partial charge in [-0.25, -0.2) is 0 Å². The smallest absolute Gasteiger partial charge is 0.0837 e. The van der Waals surface area contributed by atoms with E-state index < -0.39 is 0 Å². The van der Waals surface area contributed by atoms with Gasteiger partial charge in [-0.05, 0) is 16.8 Å². The maximum absolute atomic E-state index is 6.03. The van der Waals surface area contributed by atoms with Gasteiger partial charge < -0.3 is 0 Å². The Bertz CT molecular complexity index is 382. The summed E-state index contributed by atoms with van der Waals surface area (Å²) in [6.45, 7) is 0. The molecule has 58 valence electrons. The van der Waals surface area contributed by atoms with Crippen LogP contribution < -0.4 is 5.46 Å². The molecule has 0 N–H and O–H groups in total. The van der Waals surface area contributed by atoms with Gasteiger partial charge in [-0.3, -0.25) is 0 Å². The Morgan fingerprint density at radius 2 is 1.58 bits per heavy atom. The van der Waals surface area contributed by atoms with E-state index in [-0.39, 0.29) is 0 Å². The first-order chi connectivity index (χ1) is 5.79. The lowest BCUT2D eigenvalue weighted by atomic mass is 9.90. The predicted molar refractivity (Wildman–Crippen MR) is 57.1 cm³/mol. The third-order valence-corrected chi connectivity index (χ3v) is 2.42. The summed E-state index contributed by atoms with van der Waals surface area (Å²) in [5.41, 5.74) is 1.27. The van der Waals surface area contributed by atoms with Gasteiger partial charge in [-0.1, -0.05) is 47.4 Å². The molecule has 2 rings (SSSR count). The quantitative estimate of drug-likeness (QED) is 0.534. The largest absolute Gasteiger partial charge is 0.140 e. The van der Waals surface area contributed by atoms with Crippen molar-refractivity contribution < 1.29 is 0 Å². The molecule has 0 aliphatic heterocycles. The molecule has 0 bridgehead atoms. The van der Waals surface area contributed by atoms with Crippen LogP contribution in [-0.4, -0.2) is 7.85 Å². The molecule has 0 fully saturated rings. The summed E-state index contributed by atoms with van der Waals surface area (Å²) >= 11 is 6.03. The number of hydrogen-bond donors (Lipinski definition) is 0.